The summed E-state index contributed by atoms with van der Waals surface area (Å²) < 4.78 is 3.52. The van der Waals surface area contributed by atoms with Crippen LogP contribution >= 0.6 is 15.9 Å². The molecule has 0 spiro atoms. The zero-order chi connectivity index (χ0) is 9.71. The predicted molar refractivity (Wildman–Crippen MR) is 60.4 cm³/mol. The Morgan fingerprint density at radius 1 is 1.43 bits per heavy atom. The molecule has 1 aliphatic carbocycles. The first-order valence-corrected chi connectivity index (χ1v) is 5.70. The molecule has 2 aromatic rings. The van der Waals surface area contributed by atoms with Gasteiger partial charge in [0, 0.05) is 10.5 Å². The van der Waals surface area contributed by atoms with Crippen molar-refractivity contribution in [1.82, 2.24) is 9.55 Å². The van der Waals surface area contributed by atoms with Gasteiger partial charge in [-0.05, 0) is 47.8 Å². The molecule has 0 unspecified atom stereocenters. The maximum atomic E-state index is 4.57. The van der Waals surface area contributed by atoms with Crippen molar-refractivity contribution in [2.45, 2.75) is 25.8 Å². The van der Waals surface area contributed by atoms with E-state index in [9.17, 15) is 0 Å². The van der Waals surface area contributed by atoms with Crippen molar-refractivity contribution in [1.29, 1.82) is 0 Å². The normalized spacial score (nSPS) is 16.4. The Bertz CT molecular complexity index is 497. The fourth-order valence-electron chi connectivity index (χ4n) is 2.00. The van der Waals surface area contributed by atoms with Crippen LogP contribution in [0.2, 0.25) is 0 Å². The van der Waals surface area contributed by atoms with Crippen LogP contribution in [0.15, 0.2) is 22.7 Å². The molecule has 1 saturated carbocycles. The van der Waals surface area contributed by atoms with Crippen LogP contribution in [-0.4, -0.2) is 9.55 Å². The Balaban J connectivity index is 2.39. The van der Waals surface area contributed by atoms with Crippen LogP contribution in [-0.2, 0) is 0 Å². The first kappa shape index (κ1) is 8.48. The molecular weight excluding hydrogens is 240 g/mol. The van der Waals surface area contributed by atoms with Crippen molar-refractivity contribution in [2.75, 3.05) is 0 Å². The van der Waals surface area contributed by atoms with Crippen molar-refractivity contribution >= 4 is 27.0 Å². The van der Waals surface area contributed by atoms with Crippen LogP contribution < -0.4 is 0 Å². The molecule has 0 atom stereocenters. The number of aryl methyl sites for hydroxylation is 1. The molecule has 14 heavy (non-hydrogen) atoms. The summed E-state index contributed by atoms with van der Waals surface area (Å²) in [5.74, 6) is 1.13. The summed E-state index contributed by atoms with van der Waals surface area (Å²) in [6, 6.07) is 6.89. The lowest BCUT2D eigenvalue weighted by atomic mass is 10.3. The van der Waals surface area contributed by atoms with Crippen LogP contribution in [0.5, 0.6) is 0 Å². The highest BCUT2D eigenvalue weighted by Crippen LogP contribution is 2.40. The SMILES string of the molecule is Cc1nc2cccc(Br)c2n1C1CC1. The summed E-state index contributed by atoms with van der Waals surface area (Å²) >= 11 is 3.60. The maximum Gasteiger partial charge on any atom is 0.107 e. The van der Waals surface area contributed by atoms with Gasteiger partial charge in [-0.15, -0.1) is 0 Å². The van der Waals surface area contributed by atoms with Gasteiger partial charge in [0.2, 0.25) is 0 Å². The lowest BCUT2D eigenvalue weighted by Crippen LogP contribution is -1.96. The van der Waals surface area contributed by atoms with E-state index in [-0.39, 0.29) is 0 Å². The first-order chi connectivity index (χ1) is 6.77. The van der Waals surface area contributed by atoms with Crippen LogP contribution in [0, 0.1) is 6.92 Å². The molecule has 2 nitrogen and oxygen atoms in total. The van der Waals surface area contributed by atoms with Gasteiger partial charge in [-0.1, -0.05) is 6.07 Å². The fourth-order valence-corrected chi connectivity index (χ4v) is 2.55. The molecule has 1 aliphatic rings. The Morgan fingerprint density at radius 2 is 2.21 bits per heavy atom. The molecule has 1 aromatic carbocycles. The van der Waals surface area contributed by atoms with Crippen LogP contribution in [0.25, 0.3) is 11.0 Å². The quantitative estimate of drug-likeness (QED) is 0.759. The van der Waals surface area contributed by atoms with Crippen molar-refractivity contribution < 1.29 is 0 Å². The second-order valence-electron chi connectivity index (χ2n) is 3.87. The highest BCUT2D eigenvalue weighted by Gasteiger charge is 2.27. The lowest BCUT2D eigenvalue weighted by Gasteiger charge is -2.04. The number of imidazole rings is 1. The van der Waals surface area contributed by atoms with E-state index in [4.69, 9.17) is 0 Å². The molecule has 0 radical (unpaired) electrons. The molecule has 1 fully saturated rings. The number of benzene rings is 1. The number of para-hydroxylation sites is 1. The van der Waals surface area contributed by atoms with E-state index in [0.717, 1.165) is 15.8 Å². The topological polar surface area (TPSA) is 17.8 Å². The number of hydrogen-bond donors (Lipinski definition) is 0. The van der Waals surface area contributed by atoms with Gasteiger partial charge >= 0.3 is 0 Å². The van der Waals surface area contributed by atoms with E-state index in [1.807, 2.05) is 6.07 Å². The summed E-state index contributed by atoms with van der Waals surface area (Å²) in [6.07, 6.45) is 2.60. The van der Waals surface area contributed by atoms with Gasteiger partial charge < -0.3 is 4.57 Å². The van der Waals surface area contributed by atoms with E-state index < -0.39 is 0 Å². The van der Waals surface area contributed by atoms with E-state index >= 15 is 0 Å². The molecule has 1 aromatic heterocycles. The third-order valence-corrected chi connectivity index (χ3v) is 3.39. The number of halogens is 1. The summed E-state index contributed by atoms with van der Waals surface area (Å²) in [4.78, 5) is 4.57. The molecule has 0 amide bonds. The van der Waals surface area contributed by atoms with E-state index in [2.05, 4.69) is 44.5 Å². The molecule has 3 heteroatoms. The van der Waals surface area contributed by atoms with E-state index in [1.54, 1.807) is 0 Å². The first-order valence-electron chi connectivity index (χ1n) is 4.90. The fraction of sp³-hybridized carbons (Fsp3) is 0.364. The average molecular weight is 251 g/mol. The van der Waals surface area contributed by atoms with Gasteiger partial charge in [0.25, 0.3) is 0 Å². The van der Waals surface area contributed by atoms with Crippen LogP contribution in [0.1, 0.15) is 24.7 Å². The molecule has 0 saturated heterocycles. The smallest absolute Gasteiger partial charge is 0.107 e. The maximum absolute atomic E-state index is 4.57. The Kier molecular flexibility index (Phi) is 1.71. The van der Waals surface area contributed by atoms with Crippen LogP contribution in [0.3, 0.4) is 0 Å². The molecule has 0 N–H and O–H groups in total. The predicted octanol–water partition coefficient (Wildman–Crippen LogP) is 3.44. The van der Waals surface area contributed by atoms with E-state index in [0.29, 0.717) is 6.04 Å². The van der Waals surface area contributed by atoms with Gasteiger partial charge in [-0.3, -0.25) is 0 Å². The second kappa shape index (κ2) is 2.83. The zero-order valence-electron chi connectivity index (χ0n) is 8.00. The van der Waals surface area contributed by atoms with Gasteiger partial charge in [0.1, 0.15) is 5.82 Å². The van der Waals surface area contributed by atoms with Gasteiger partial charge in [-0.2, -0.15) is 0 Å². The lowest BCUT2D eigenvalue weighted by molar-refractivity contribution is 0.733. The zero-order valence-corrected chi connectivity index (χ0v) is 9.58. The van der Waals surface area contributed by atoms with Gasteiger partial charge in [0.15, 0.2) is 0 Å². The van der Waals surface area contributed by atoms with Crippen LogP contribution in [0.4, 0.5) is 0 Å². The largest absolute Gasteiger partial charge is 0.324 e. The van der Waals surface area contributed by atoms with Gasteiger partial charge in [0.05, 0.1) is 11.0 Å². The monoisotopic (exact) mass is 250 g/mol. The van der Waals surface area contributed by atoms with Crippen molar-refractivity contribution in [3.63, 3.8) is 0 Å². The molecule has 72 valence electrons. The summed E-state index contributed by atoms with van der Waals surface area (Å²) in [5, 5.41) is 0. The highest BCUT2D eigenvalue weighted by molar-refractivity contribution is 9.10. The number of rotatable bonds is 1. The average Bonchev–Trinajstić information content (AvgIpc) is 2.90. The minimum absolute atomic E-state index is 0.693. The number of hydrogen-bond acceptors (Lipinski definition) is 1. The molecule has 0 aliphatic heterocycles. The summed E-state index contributed by atoms with van der Waals surface area (Å²) in [6.45, 7) is 2.09. The van der Waals surface area contributed by atoms with Crippen molar-refractivity contribution in [2.24, 2.45) is 0 Å². The number of fused-ring (bicyclic) bond motifs is 1. The Hall–Kier alpha value is -0.830. The second-order valence-corrected chi connectivity index (χ2v) is 4.72. The summed E-state index contributed by atoms with van der Waals surface area (Å²) in [5.41, 5.74) is 2.36. The Labute approximate surface area is 91.1 Å². The molecule has 3 rings (SSSR count). The number of nitrogens with zero attached hydrogens (tertiary/aromatic N) is 2. The number of aromatic nitrogens is 2. The van der Waals surface area contributed by atoms with Gasteiger partial charge in [-0.25, -0.2) is 4.98 Å². The Morgan fingerprint density at radius 3 is 2.93 bits per heavy atom. The third kappa shape index (κ3) is 1.12. The van der Waals surface area contributed by atoms with Crippen molar-refractivity contribution in [3.05, 3.63) is 28.5 Å². The standard InChI is InChI=1S/C11H11BrN2/c1-7-13-10-4-2-3-9(12)11(10)14(7)8-5-6-8/h2-4,8H,5-6H2,1H3. The highest BCUT2D eigenvalue weighted by atomic mass is 79.9. The molecular formula is C11H11BrN2. The summed E-state index contributed by atoms with van der Waals surface area (Å²) in [7, 11) is 0. The minimum Gasteiger partial charge on any atom is -0.324 e. The molecule has 1 heterocycles. The van der Waals surface area contributed by atoms with E-state index in [1.165, 1.54) is 18.4 Å². The minimum atomic E-state index is 0.693. The molecule has 0 bridgehead atoms. The third-order valence-electron chi connectivity index (χ3n) is 2.75. The van der Waals surface area contributed by atoms with Crippen molar-refractivity contribution in [3.8, 4) is 0 Å².